The summed E-state index contributed by atoms with van der Waals surface area (Å²) in [5.41, 5.74) is -2.32. The van der Waals surface area contributed by atoms with Crippen molar-refractivity contribution in [1.82, 2.24) is 0 Å². The molecular formula is C7H13F3O2. The fourth-order valence-electron chi connectivity index (χ4n) is 1.01. The van der Waals surface area contributed by atoms with Crippen LogP contribution in [-0.4, -0.2) is 29.6 Å². The first kappa shape index (κ1) is 11.7. The number of halogens is 3. The molecular weight excluding hydrogens is 173 g/mol. The minimum Gasteiger partial charge on any atom is -0.395 e. The summed E-state index contributed by atoms with van der Waals surface area (Å²) >= 11 is 0. The van der Waals surface area contributed by atoms with Crippen LogP contribution in [-0.2, 0) is 0 Å². The average Bonchev–Trinajstić information content (AvgIpc) is 1.98. The van der Waals surface area contributed by atoms with Crippen molar-refractivity contribution in [2.75, 3.05) is 13.2 Å². The van der Waals surface area contributed by atoms with E-state index in [9.17, 15) is 13.2 Å². The second kappa shape index (κ2) is 4.09. The monoisotopic (exact) mass is 186 g/mol. The van der Waals surface area contributed by atoms with Crippen LogP contribution >= 0.6 is 0 Å². The Balaban J connectivity index is 4.57. The van der Waals surface area contributed by atoms with E-state index in [-0.39, 0.29) is 12.8 Å². The molecule has 0 aliphatic rings. The van der Waals surface area contributed by atoms with Gasteiger partial charge >= 0.3 is 6.18 Å². The fraction of sp³-hybridized carbons (Fsp3) is 1.00. The van der Waals surface area contributed by atoms with Gasteiger partial charge < -0.3 is 10.2 Å². The summed E-state index contributed by atoms with van der Waals surface area (Å²) < 4.78 is 36.7. The van der Waals surface area contributed by atoms with Crippen molar-refractivity contribution in [2.45, 2.75) is 25.9 Å². The van der Waals surface area contributed by atoms with E-state index in [1.165, 1.54) is 0 Å². The van der Waals surface area contributed by atoms with E-state index in [2.05, 4.69) is 0 Å². The molecule has 5 heteroatoms. The first-order valence-corrected chi connectivity index (χ1v) is 3.72. The van der Waals surface area contributed by atoms with Crippen LogP contribution in [0.4, 0.5) is 13.2 Å². The highest BCUT2D eigenvalue weighted by molar-refractivity contribution is 4.84. The maximum atomic E-state index is 12.2. The lowest BCUT2D eigenvalue weighted by Crippen LogP contribution is -2.44. The highest BCUT2D eigenvalue weighted by atomic mass is 19.4. The maximum absolute atomic E-state index is 12.2. The van der Waals surface area contributed by atoms with Gasteiger partial charge in [-0.1, -0.05) is 13.3 Å². The first-order chi connectivity index (χ1) is 5.43. The molecule has 0 bridgehead atoms. The van der Waals surface area contributed by atoms with Crippen molar-refractivity contribution >= 4 is 0 Å². The Kier molecular flexibility index (Phi) is 3.99. The lowest BCUT2D eigenvalue weighted by Gasteiger charge is -2.31. The van der Waals surface area contributed by atoms with Gasteiger partial charge in [0.25, 0.3) is 0 Å². The van der Waals surface area contributed by atoms with Gasteiger partial charge in [0.2, 0.25) is 0 Å². The Morgan fingerprint density at radius 2 is 1.50 bits per heavy atom. The molecule has 0 aromatic rings. The molecule has 0 spiro atoms. The second-order valence-corrected chi connectivity index (χ2v) is 2.84. The van der Waals surface area contributed by atoms with Crippen molar-refractivity contribution in [3.63, 3.8) is 0 Å². The molecule has 2 N–H and O–H groups in total. The first-order valence-electron chi connectivity index (χ1n) is 3.72. The molecule has 0 radical (unpaired) electrons. The molecule has 2 nitrogen and oxygen atoms in total. The minimum atomic E-state index is -4.54. The SMILES string of the molecule is CCCC(CO)(CO)C(F)(F)F. The minimum absolute atomic E-state index is 0.247. The lowest BCUT2D eigenvalue weighted by atomic mass is 9.84. The number of aliphatic hydroxyl groups is 2. The van der Waals surface area contributed by atoms with Crippen LogP contribution in [0.3, 0.4) is 0 Å². The summed E-state index contributed by atoms with van der Waals surface area (Å²) in [6.07, 6.45) is -4.50. The van der Waals surface area contributed by atoms with Gasteiger partial charge in [-0.25, -0.2) is 0 Å². The van der Waals surface area contributed by atoms with E-state index < -0.39 is 24.8 Å². The highest BCUT2D eigenvalue weighted by Gasteiger charge is 2.53. The van der Waals surface area contributed by atoms with Gasteiger partial charge in [0, 0.05) is 0 Å². The predicted molar refractivity (Wildman–Crippen MR) is 37.6 cm³/mol. The number of rotatable bonds is 4. The number of hydrogen-bond acceptors (Lipinski definition) is 2. The Hall–Kier alpha value is -0.290. The summed E-state index contributed by atoms with van der Waals surface area (Å²) in [7, 11) is 0. The molecule has 0 aromatic carbocycles. The van der Waals surface area contributed by atoms with Crippen molar-refractivity contribution in [1.29, 1.82) is 0 Å². The molecule has 12 heavy (non-hydrogen) atoms. The third-order valence-corrected chi connectivity index (χ3v) is 1.94. The molecule has 0 aromatic heterocycles. The number of alkyl halides is 3. The molecule has 0 heterocycles. The smallest absolute Gasteiger partial charge is 0.395 e. The third-order valence-electron chi connectivity index (χ3n) is 1.94. The van der Waals surface area contributed by atoms with Crippen molar-refractivity contribution < 1.29 is 23.4 Å². The molecule has 0 atom stereocenters. The summed E-state index contributed by atoms with van der Waals surface area (Å²) in [6, 6.07) is 0. The summed E-state index contributed by atoms with van der Waals surface area (Å²) in [6.45, 7) is -0.534. The molecule has 0 aliphatic carbocycles. The fourth-order valence-corrected chi connectivity index (χ4v) is 1.01. The predicted octanol–water partition coefficient (Wildman–Crippen LogP) is 1.32. The van der Waals surface area contributed by atoms with E-state index in [1.54, 1.807) is 6.92 Å². The van der Waals surface area contributed by atoms with E-state index in [4.69, 9.17) is 10.2 Å². The van der Waals surface area contributed by atoms with Crippen molar-refractivity contribution in [3.05, 3.63) is 0 Å². The molecule has 0 aliphatic heterocycles. The normalized spacial score (nSPS) is 13.5. The molecule has 0 saturated heterocycles. The quantitative estimate of drug-likeness (QED) is 0.695. The van der Waals surface area contributed by atoms with Gasteiger partial charge in [-0.05, 0) is 6.42 Å². The van der Waals surface area contributed by atoms with Crippen LogP contribution in [0.5, 0.6) is 0 Å². The van der Waals surface area contributed by atoms with Crippen LogP contribution < -0.4 is 0 Å². The van der Waals surface area contributed by atoms with E-state index >= 15 is 0 Å². The Morgan fingerprint density at radius 1 is 1.08 bits per heavy atom. The zero-order chi connectivity index (χ0) is 9.83. The Labute approximate surface area is 69.0 Å². The van der Waals surface area contributed by atoms with Crippen LogP contribution in [0.1, 0.15) is 19.8 Å². The largest absolute Gasteiger partial charge is 0.398 e. The second-order valence-electron chi connectivity index (χ2n) is 2.84. The molecule has 0 saturated carbocycles. The summed E-state index contributed by atoms with van der Waals surface area (Å²) in [4.78, 5) is 0. The van der Waals surface area contributed by atoms with Gasteiger partial charge in [0.1, 0.15) is 5.41 Å². The lowest BCUT2D eigenvalue weighted by molar-refractivity contribution is -0.249. The summed E-state index contributed by atoms with van der Waals surface area (Å²) in [5, 5.41) is 17.1. The standard InChI is InChI=1S/C7H13F3O2/c1-2-3-6(4-11,5-12)7(8,9)10/h11-12H,2-5H2,1H3. The van der Waals surface area contributed by atoms with Crippen LogP contribution in [0.25, 0.3) is 0 Å². The molecule has 0 amide bonds. The van der Waals surface area contributed by atoms with Gasteiger partial charge in [-0.2, -0.15) is 13.2 Å². The highest BCUT2D eigenvalue weighted by Crippen LogP contribution is 2.41. The topological polar surface area (TPSA) is 40.5 Å². The average molecular weight is 186 g/mol. The van der Waals surface area contributed by atoms with E-state index in [0.29, 0.717) is 0 Å². The zero-order valence-electron chi connectivity index (χ0n) is 6.86. The number of hydrogen-bond donors (Lipinski definition) is 2. The third kappa shape index (κ3) is 2.10. The van der Waals surface area contributed by atoms with Crippen molar-refractivity contribution in [3.8, 4) is 0 Å². The van der Waals surface area contributed by atoms with Gasteiger partial charge in [-0.15, -0.1) is 0 Å². The Morgan fingerprint density at radius 3 is 1.58 bits per heavy atom. The van der Waals surface area contributed by atoms with E-state index in [0.717, 1.165) is 0 Å². The van der Waals surface area contributed by atoms with E-state index in [1.807, 2.05) is 0 Å². The van der Waals surface area contributed by atoms with Gasteiger partial charge in [0.15, 0.2) is 0 Å². The summed E-state index contributed by atoms with van der Waals surface area (Å²) in [5.74, 6) is 0. The van der Waals surface area contributed by atoms with Crippen LogP contribution in [0, 0.1) is 5.41 Å². The Bertz CT molecular complexity index is 129. The van der Waals surface area contributed by atoms with Crippen LogP contribution in [0.2, 0.25) is 0 Å². The van der Waals surface area contributed by atoms with Gasteiger partial charge in [0.05, 0.1) is 13.2 Å². The molecule has 0 unspecified atom stereocenters. The maximum Gasteiger partial charge on any atom is 0.398 e. The number of aliphatic hydroxyl groups excluding tert-OH is 2. The van der Waals surface area contributed by atoms with Crippen LogP contribution in [0.15, 0.2) is 0 Å². The van der Waals surface area contributed by atoms with Crippen molar-refractivity contribution in [2.24, 2.45) is 5.41 Å². The molecule has 0 fully saturated rings. The van der Waals surface area contributed by atoms with Gasteiger partial charge in [-0.3, -0.25) is 0 Å². The molecule has 0 rings (SSSR count). The molecule has 74 valence electrons. The zero-order valence-corrected chi connectivity index (χ0v) is 6.86.